The predicted molar refractivity (Wildman–Crippen MR) is 148 cm³/mol. The van der Waals surface area contributed by atoms with Gasteiger partial charge in [-0.1, -0.05) is 36.1 Å². The number of nitrogens with one attached hydrogen (secondary N) is 3. The lowest BCUT2D eigenvalue weighted by atomic mass is 9.85. The first-order chi connectivity index (χ1) is 19.4. The number of aromatic nitrogens is 4. The molecule has 0 spiro atoms. The van der Waals surface area contributed by atoms with Crippen LogP contribution >= 0.6 is 0 Å². The van der Waals surface area contributed by atoms with E-state index in [4.69, 9.17) is 9.82 Å². The zero-order valence-corrected chi connectivity index (χ0v) is 22.0. The summed E-state index contributed by atoms with van der Waals surface area (Å²) in [6.07, 6.45) is 11.6. The Morgan fingerprint density at radius 2 is 2.12 bits per heavy atom. The third-order valence-electron chi connectivity index (χ3n) is 7.46. The molecule has 4 heterocycles. The van der Waals surface area contributed by atoms with E-state index in [2.05, 4.69) is 26.0 Å². The molecule has 2 amide bonds. The number of hydrogen-bond donors (Lipinski definition) is 4. The normalized spacial score (nSPS) is 21.3. The highest BCUT2D eigenvalue weighted by molar-refractivity contribution is 5.97. The molecule has 206 valence electrons. The zero-order valence-electron chi connectivity index (χ0n) is 22.0. The van der Waals surface area contributed by atoms with E-state index in [9.17, 15) is 14.7 Å². The van der Waals surface area contributed by atoms with Crippen LogP contribution in [0.15, 0.2) is 61.0 Å². The SMILES string of the molecule is CC[C@]1(Nc2nc(Nc3ccc4c(c3)CCNC4=O)ncc2-c2ccn(OC(=O)N3CCC3)n2)C=CC=CC1O. The summed E-state index contributed by atoms with van der Waals surface area (Å²) in [5.74, 6) is 0.689. The van der Waals surface area contributed by atoms with E-state index in [0.717, 1.165) is 28.9 Å². The van der Waals surface area contributed by atoms with Crippen LogP contribution in [0.2, 0.25) is 0 Å². The van der Waals surface area contributed by atoms with Crippen molar-refractivity contribution in [2.24, 2.45) is 0 Å². The molecule has 1 aliphatic carbocycles. The van der Waals surface area contributed by atoms with Crippen LogP contribution in [0.3, 0.4) is 0 Å². The van der Waals surface area contributed by atoms with Gasteiger partial charge >= 0.3 is 6.09 Å². The van der Waals surface area contributed by atoms with Crippen LogP contribution < -0.4 is 20.8 Å². The Balaban J connectivity index is 1.32. The third-order valence-corrected chi connectivity index (χ3v) is 7.46. The minimum absolute atomic E-state index is 0.0760. The molecule has 12 heteroatoms. The highest BCUT2D eigenvalue weighted by Gasteiger charge is 2.35. The third kappa shape index (κ3) is 4.89. The first-order valence-electron chi connectivity index (χ1n) is 13.3. The van der Waals surface area contributed by atoms with E-state index in [-0.39, 0.29) is 5.91 Å². The average Bonchev–Trinajstić information content (AvgIpc) is 3.37. The van der Waals surface area contributed by atoms with E-state index < -0.39 is 17.7 Å². The van der Waals surface area contributed by atoms with Gasteiger partial charge in [-0.25, -0.2) is 9.78 Å². The van der Waals surface area contributed by atoms with Crippen molar-refractivity contribution in [3.05, 3.63) is 72.1 Å². The number of nitrogens with zero attached hydrogens (tertiary/aromatic N) is 5. The first kappa shape index (κ1) is 25.6. The summed E-state index contributed by atoms with van der Waals surface area (Å²) in [5, 5.41) is 24.8. The van der Waals surface area contributed by atoms with Gasteiger partial charge in [0.2, 0.25) is 5.95 Å². The van der Waals surface area contributed by atoms with Crippen molar-refractivity contribution in [2.45, 2.75) is 37.8 Å². The lowest BCUT2D eigenvalue weighted by Crippen LogP contribution is -2.47. The molecular weight excluding hydrogens is 512 g/mol. The van der Waals surface area contributed by atoms with Gasteiger partial charge in [0.05, 0.1) is 23.4 Å². The molecule has 0 saturated carbocycles. The predicted octanol–water partition coefficient (Wildman–Crippen LogP) is 2.67. The van der Waals surface area contributed by atoms with Crippen LogP contribution in [-0.4, -0.2) is 73.2 Å². The van der Waals surface area contributed by atoms with Crippen LogP contribution in [0.25, 0.3) is 11.3 Å². The molecule has 3 aromatic rings. The number of carbonyl (C=O) groups is 2. The fourth-order valence-electron chi connectivity index (χ4n) is 4.92. The highest BCUT2D eigenvalue weighted by Crippen LogP contribution is 2.33. The fourth-order valence-corrected chi connectivity index (χ4v) is 4.92. The summed E-state index contributed by atoms with van der Waals surface area (Å²) in [5.41, 5.74) is 2.61. The Labute approximate surface area is 230 Å². The Hall–Kier alpha value is -4.71. The maximum absolute atomic E-state index is 12.2. The van der Waals surface area contributed by atoms with Crippen LogP contribution in [0.4, 0.5) is 22.2 Å². The van der Waals surface area contributed by atoms with Gasteiger partial charge in [-0.3, -0.25) is 9.63 Å². The van der Waals surface area contributed by atoms with Gasteiger partial charge in [0.15, 0.2) is 0 Å². The number of hydrogen-bond acceptors (Lipinski definition) is 9. The van der Waals surface area contributed by atoms with Crippen LogP contribution in [0.5, 0.6) is 0 Å². The molecule has 2 aromatic heterocycles. The molecule has 4 N–H and O–H groups in total. The van der Waals surface area contributed by atoms with E-state index >= 15 is 0 Å². The number of anilines is 3. The molecule has 0 radical (unpaired) electrons. The Bertz CT molecular complexity index is 1510. The number of allylic oxidation sites excluding steroid dienone is 2. The second kappa shape index (κ2) is 10.5. The van der Waals surface area contributed by atoms with Crippen molar-refractivity contribution >= 4 is 29.5 Å². The molecule has 0 bridgehead atoms. The first-order valence-corrected chi connectivity index (χ1v) is 13.3. The van der Waals surface area contributed by atoms with Gasteiger partial charge in [0, 0.05) is 37.1 Å². The van der Waals surface area contributed by atoms with E-state index in [1.54, 1.807) is 41.6 Å². The van der Waals surface area contributed by atoms with Gasteiger partial charge < -0.3 is 26.0 Å². The number of aliphatic hydroxyl groups excluding tert-OH is 1. The Morgan fingerprint density at radius 1 is 1.25 bits per heavy atom. The number of rotatable bonds is 7. The summed E-state index contributed by atoms with van der Waals surface area (Å²) < 4.78 is 0. The molecule has 12 nitrogen and oxygen atoms in total. The van der Waals surface area contributed by atoms with Crippen molar-refractivity contribution in [2.75, 3.05) is 30.3 Å². The standard InChI is InChI=1S/C28H30N8O4/c1-2-28(11-4-3-6-23(28)37)33-24-21(22-10-15-36(34-22)40-27(39)35-13-5-14-35)17-30-26(32-24)31-19-7-8-20-18(16-19)9-12-29-25(20)38/h3-4,6-8,10-11,15-17,23,37H,2,5,9,12-14H2,1H3,(H,29,38)(H2,30,31,32,33)/t23?,28-/m0/s1. The van der Waals surface area contributed by atoms with Crippen LogP contribution in [0, 0.1) is 0 Å². The number of likely N-dealkylation sites (tertiary alicyclic amines) is 1. The average molecular weight is 543 g/mol. The number of aliphatic hydroxyl groups is 1. The molecule has 1 unspecified atom stereocenters. The van der Waals surface area contributed by atoms with Gasteiger partial charge in [-0.2, -0.15) is 4.98 Å². The van der Waals surface area contributed by atoms with E-state index in [1.807, 2.05) is 31.2 Å². The number of benzene rings is 1. The van der Waals surface area contributed by atoms with Crippen molar-refractivity contribution < 1.29 is 19.5 Å². The van der Waals surface area contributed by atoms with Gasteiger partial charge in [0.25, 0.3) is 5.91 Å². The molecule has 3 aliphatic rings. The molecule has 1 saturated heterocycles. The number of amides is 2. The summed E-state index contributed by atoms with van der Waals surface area (Å²) in [4.78, 5) is 41.7. The summed E-state index contributed by atoms with van der Waals surface area (Å²) in [6.45, 7) is 3.92. The van der Waals surface area contributed by atoms with Crippen molar-refractivity contribution in [3.8, 4) is 11.3 Å². The smallest absolute Gasteiger partial charge is 0.386 e. The lowest BCUT2D eigenvalue weighted by Gasteiger charge is -2.36. The Kier molecular flexibility index (Phi) is 6.68. The molecule has 40 heavy (non-hydrogen) atoms. The minimum atomic E-state index is -0.805. The van der Waals surface area contributed by atoms with Crippen molar-refractivity contribution in [1.29, 1.82) is 0 Å². The molecule has 1 fully saturated rings. The minimum Gasteiger partial charge on any atom is -0.386 e. The molecular formula is C28H30N8O4. The van der Waals surface area contributed by atoms with Crippen LogP contribution in [-0.2, 0) is 6.42 Å². The molecule has 2 aliphatic heterocycles. The lowest BCUT2D eigenvalue weighted by molar-refractivity contribution is 0.0612. The fraction of sp³-hybridized carbons (Fsp3) is 0.321. The van der Waals surface area contributed by atoms with Crippen molar-refractivity contribution in [1.82, 2.24) is 30.1 Å². The van der Waals surface area contributed by atoms with Gasteiger partial charge in [-0.05, 0) is 49.1 Å². The number of fused-ring (bicyclic) bond motifs is 1. The van der Waals surface area contributed by atoms with E-state index in [0.29, 0.717) is 54.6 Å². The Morgan fingerprint density at radius 3 is 2.90 bits per heavy atom. The van der Waals surface area contributed by atoms with Gasteiger partial charge in [0.1, 0.15) is 11.5 Å². The van der Waals surface area contributed by atoms with Gasteiger partial charge in [-0.15, -0.1) is 5.10 Å². The molecule has 6 rings (SSSR count). The summed E-state index contributed by atoms with van der Waals surface area (Å²) in [6, 6.07) is 7.24. The summed E-state index contributed by atoms with van der Waals surface area (Å²) in [7, 11) is 0. The summed E-state index contributed by atoms with van der Waals surface area (Å²) >= 11 is 0. The maximum atomic E-state index is 12.2. The van der Waals surface area contributed by atoms with Crippen LogP contribution in [0.1, 0.15) is 35.7 Å². The topological polar surface area (TPSA) is 147 Å². The highest BCUT2D eigenvalue weighted by atomic mass is 16.7. The largest absolute Gasteiger partial charge is 0.435 e. The number of carbonyl (C=O) groups excluding carboxylic acids is 2. The van der Waals surface area contributed by atoms with Crippen molar-refractivity contribution in [3.63, 3.8) is 0 Å². The maximum Gasteiger partial charge on any atom is 0.435 e. The second-order valence-corrected chi connectivity index (χ2v) is 9.97. The zero-order chi connectivity index (χ0) is 27.7. The molecule has 2 atom stereocenters. The monoisotopic (exact) mass is 542 g/mol. The molecule has 1 aromatic carbocycles. The van der Waals surface area contributed by atoms with E-state index in [1.165, 1.54) is 0 Å². The second-order valence-electron chi connectivity index (χ2n) is 9.97. The quantitative estimate of drug-likeness (QED) is 0.354.